The zero-order valence-corrected chi connectivity index (χ0v) is 12.9. The molecule has 0 aliphatic carbocycles. The summed E-state index contributed by atoms with van der Waals surface area (Å²) in [6.45, 7) is 0. The Hall–Kier alpha value is -2.18. The molecule has 0 saturated heterocycles. The molecular formula is C16H17NO4S. The Balaban J connectivity index is 2.22. The average Bonchev–Trinajstić information content (AvgIpc) is 2.55. The van der Waals surface area contributed by atoms with Crippen molar-refractivity contribution in [2.75, 3.05) is 7.11 Å². The number of esters is 1. The highest BCUT2D eigenvalue weighted by Crippen LogP contribution is 2.11. The third-order valence-electron chi connectivity index (χ3n) is 3.12. The highest BCUT2D eigenvalue weighted by Gasteiger charge is 2.26. The van der Waals surface area contributed by atoms with E-state index in [4.69, 9.17) is 4.74 Å². The number of nitrogens with one attached hydrogen (secondary N) is 1. The molecule has 0 amide bonds. The highest BCUT2D eigenvalue weighted by atomic mass is 32.2. The minimum absolute atomic E-state index is 0.108. The van der Waals surface area contributed by atoms with Gasteiger partial charge < -0.3 is 4.74 Å². The lowest BCUT2D eigenvalue weighted by Gasteiger charge is -2.16. The van der Waals surface area contributed by atoms with Crippen LogP contribution in [0.5, 0.6) is 0 Å². The first-order valence-corrected chi connectivity index (χ1v) is 8.20. The van der Waals surface area contributed by atoms with Gasteiger partial charge in [0.1, 0.15) is 6.04 Å². The summed E-state index contributed by atoms with van der Waals surface area (Å²) in [7, 11) is -2.55. The monoisotopic (exact) mass is 319 g/mol. The maximum Gasteiger partial charge on any atom is 0.324 e. The Kier molecular flexibility index (Phi) is 5.30. The van der Waals surface area contributed by atoms with Crippen molar-refractivity contribution >= 4 is 16.0 Å². The fraction of sp³-hybridized carbons (Fsp3) is 0.188. The average molecular weight is 319 g/mol. The predicted octanol–water partition coefficient (Wildman–Crippen LogP) is 1.75. The highest BCUT2D eigenvalue weighted by molar-refractivity contribution is 7.89. The zero-order chi connectivity index (χ0) is 16.0. The van der Waals surface area contributed by atoms with Crippen LogP contribution >= 0.6 is 0 Å². The van der Waals surface area contributed by atoms with Crippen LogP contribution < -0.4 is 4.72 Å². The van der Waals surface area contributed by atoms with E-state index in [1.165, 1.54) is 19.2 Å². The van der Waals surface area contributed by atoms with Gasteiger partial charge in [0.25, 0.3) is 0 Å². The Labute approximate surface area is 130 Å². The van der Waals surface area contributed by atoms with E-state index in [0.717, 1.165) is 5.56 Å². The van der Waals surface area contributed by atoms with Crippen molar-refractivity contribution in [2.24, 2.45) is 0 Å². The summed E-state index contributed by atoms with van der Waals surface area (Å²) in [6.07, 6.45) is 0.222. The van der Waals surface area contributed by atoms with Crippen molar-refractivity contribution in [3.8, 4) is 0 Å². The second kappa shape index (κ2) is 7.20. The van der Waals surface area contributed by atoms with Crippen molar-refractivity contribution in [1.82, 2.24) is 4.72 Å². The molecule has 0 spiro atoms. The van der Waals surface area contributed by atoms with Gasteiger partial charge in [-0.1, -0.05) is 48.5 Å². The van der Waals surface area contributed by atoms with Crippen molar-refractivity contribution in [3.05, 3.63) is 66.2 Å². The molecule has 22 heavy (non-hydrogen) atoms. The Morgan fingerprint density at radius 1 is 1.05 bits per heavy atom. The fourth-order valence-corrected chi connectivity index (χ4v) is 3.23. The van der Waals surface area contributed by atoms with Crippen LogP contribution in [0.15, 0.2) is 65.6 Å². The smallest absolute Gasteiger partial charge is 0.324 e. The number of carbonyl (C=O) groups excluding carboxylic acids is 1. The summed E-state index contributed by atoms with van der Waals surface area (Å²) >= 11 is 0. The topological polar surface area (TPSA) is 72.5 Å². The van der Waals surface area contributed by atoms with E-state index in [9.17, 15) is 13.2 Å². The number of hydrogen-bond acceptors (Lipinski definition) is 4. The Bertz CT molecular complexity index is 714. The van der Waals surface area contributed by atoms with Crippen LogP contribution in [0, 0.1) is 0 Å². The second-order valence-corrected chi connectivity index (χ2v) is 6.41. The minimum Gasteiger partial charge on any atom is -0.468 e. The molecule has 0 bridgehead atoms. The number of rotatable bonds is 6. The van der Waals surface area contributed by atoms with Crippen molar-refractivity contribution in [3.63, 3.8) is 0 Å². The van der Waals surface area contributed by atoms with Gasteiger partial charge in [-0.05, 0) is 24.1 Å². The van der Waals surface area contributed by atoms with Gasteiger partial charge in [-0.3, -0.25) is 4.79 Å². The molecule has 2 rings (SSSR count). The lowest BCUT2D eigenvalue weighted by molar-refractivity contribution is -0.142. The molecule has 2 aromatic rings. The number of ether oxygens (including phenoxy) is 1. The normalized spacial score (nSPS) is 12.6. The molecule has 0 unspecified atom stereocenters. The standard InChI is InChI=1S/C16H17NO4S/c1-21-16(18)15(12-13-8-4-2-5-9-13)17-22(19,20)14-10-6-3-7-11-14/h2-11,15,17H,12H2,1H3/t15-/m0/s1. The van der Waals surface area contributed by atoms with Crippen molar-refractivity contribution in [1.29, 1.82) is 0 Å². The van der Waals surface area contributed by atoms with E-state index in [1.807, 2.05) is 30.3 Å². The van der Waals surface area contributed by atoms with Gasteiger partial charge in [0, 0.05) is 0 Å². The van der Waals surface area contributed by atoms with Crippen molar-refractivity contribution < 1.29 is 17.9 Å². The van der Waals surface area contributed by atoms with Crippen molar-refractivity contribution in [2.45, 2.75) is 17.4 Å². The van der Waals surface area contributed by atoms with E-state index in [2.05, 4.69) is 4.72 Å². The quantitative estimate of drug-likeness (QED) is 0.823. The SMILES string of the molecule is COC(=O)[C@H](Cc1ccccc1)NS(=O)(=O)c1ccccc1. The number of methoxy groups -OCH3 is 1. The summed E-state index contributed by atoms with van der Waals surface area (Å²) in [5.74, 6) is -0.622. The minimum atomic E-state index is -3.79. The van der Waals surface area contributed by atoms with Gasteiger partial charge in [-0.25, -0.2) is 8.42 Å². The molecule has 0 aromatic heterocycles. The van der Waals surface area contributed by atoms with E-state index in [1.54, 1.807) is 18.2 Å². The molecule has 5 nitrogen and oxygen atoms in total. The molecule has 1 N–H and O–H groups in total. The molecule has 0 radical (unpaired) electrons. The van der Waals surface area contributed by atoms with Crippen LogP contribution in [-0.2, 0) is 26.0 Å². The first-order chi connectivity index (χ1) is 10.5. The largest absolute Gasteiger partial charge is 0.468 e. The summed E-state index contributed by atoms with van der Waals surface area (Å²) in [4.78, 5) is 12.0. The number of hydrogen-bond donors (Lipinski definition) is 1. The molecule has 1 atom stereocenters. The Morgan fingerprint density at radius 2 is 1.59 bits per heavy atom. The van der Waals surface area contributed by atoms with Crippen LogP contribution in [0.25, 0.3) is 0 Å². The van der Waals surface area contributed by atoms with Crippen LogP contribution in [0.3, 0.4) is 0 Å². The second-order valence-electron chi connectivity index (χ2n) is 4.70. The van der Waals surface area contributed by atoms with Gasteiger partial charge in [-0.2, -0.15) is 4.72 Å². The fourth-order valence-electron chi connectivity index (χ4n) is 2.02. The van der Waals surface area contributed by atoms with E-state index in [-0.39, 0.29) is 11.3 Å². The lowest BCUT2D eigenvalue weighted by Crippen LogP contribution is -2.42. The van der Waals surface area contributed by atoms with Crippen LogP contribution in [0.1, 0.15) is 5.56 Å². The third kappa shape index (κ3) is 4.16. The molecule has 0 saturated carbocycles. The van der Waals surface area contributed by atoms with Gasteiger partial charge in [0.2, 0.25) is 10.0 Å². The summed E-state index contributed by atoms with van der Waals surface area (Å²) in [6, 6.07) is 16.1. The van der Waals surface area contributed by atoms with Crippen LogP contribution in [-0.4, -0.2) is 27.5 Å². The zero-order valence-electron chi connectivity index (χ0n) is 12.1. The van der Waals surface area contributed by atoms with E-state index >= 15 is 0 Å². The van der Waals surface area contributed by atoms with E-state index < -0.39 is 22.0 Å². The molecule has 116 valence electrons. The molecule has 0 aliphatic heterocycles. The van der Waals surface area contributed by atoms with Gasteiger partial charge in [0.15, 0.2) is 0 Å². The first kappa shape index (κ1) is 16.2. The molecule has 0 aliphatic rings. The predicted molar refractivity (Wildman–Crippen MR) is 82.7 cm³/mol. The van der Waals surface area contributed by atoms with Gasteiger partial charge in [0.05, 0.1) is 12.0 Å². The van der Waals surface area contributed by atoms with Crippen LogP contribution in [0.2, 0.25) is 0 Å². The maximum atomic E-state index is 12.3. The number of benzene rings is 2. The molecular weight excluding hydrogens is 302 g/mol. The third-order valence-corrected chi connectivity index (χ3v) is 4.61. The Morgan fingerprint density at radius 3 is 2.14 bits per heavy atom. The summed E-state index contributed by atoms with van der Waals surface area (Å²) in [5, 5.41) is 0. The molecule has 2 aromatic carbocycles. The van der Waals surface area contributed by atoms with E-state index in [0.29, 0.717) is 0 Å². The summed E-state index contributed by atoms with van der Waals surface area (Å²) < 4.78 is 31.8. The van der Waals surface area contributed by atoms with Gasteiger partial charge >= 0.3 is 5.97 Å². The molecule has 0 heterocycles. The number of sulfonamides is 1. The lowest BCUT2D eigenvalue weighted by atomic mass is 10.1. The summed E-state index contributed by atoms with van der Waals surface area (Å²) in [5.41, 5.74) is 0.841. The first-order valence-electron chi connectivity index (χ1n) is 6.72. The van der Waals surface area contributed by atoms with Gasteiger partial charge in [-0.15, -0.1) is 0 Å². The molecule has 0 fully saturated rings. The maximum absolute atomic E-state index is 12.3. The number of carbonyl (C=O) groups is 1. The van der Waals surface area contributed by atoms with Crippen LogP contribution in [0.4, 0.5) is 0 Å². The molecule has 6 heteroatoms.